The molecule has 0 unspecified atom stereocenters. The molecule has 5 heteroatoms. The molecule has 0 amide bonds. The van der Waals surface area contributed by atoms with Gasteiger partial charge in [0.2, 0.25) is 0 Å². The highest BCUT2D eigenvalue weighted by Crippen LogP contribution is 2.31. The van der Waals surface area contributed by atoms with Crippen molar-refractivity contribution in [1.82, 2.24) is 0 Å². The Bertz CT molecular complexity index is 593. The number of nitrogens with zero attached hydrogens (tertiary/aromatic N) is 1. The Morgan fingerprint density at radius 1 is 1.05 bits per heavy atom. The van der Waals surface area contributed by atoms with Crippen molar-refractivity contribution in [1.29, 1.82) is 0 Å². The highest BCUT2D eigenvalue weighted by atomic mass is 19.4. The van der Waals surface area contributed by atoms with Gasteiger partial charge in [-0.2, -0.15) is 13.2 Å². The van der Waals surface area contributed by atoms with Crippen LogP contribution < -0.4 is 10.6 Å². The molecule has 0 spiro atoms. The maximum absolute atomic E-state index is 12.7. The molecule has 20 heavy (non-hydrogen) atoms. The van der Waals surface area contributed by atoms with E-state index in [4.69, 9.17) is 5.73 Å². The van der Waals surface area contributed by atoms with Crippen molar-refractivity contribution >= 4 is 16.5 Å². The largest absolute Gasteiger partial charge is 0.405 e. The fourth-order valence-corrected chi connectivity index (χ4v) is 2.38. The minimum atomic E-state index is -4.22. The third kappa shape index (κ3) is 3.04. The summed E-state index contributed by atoms with van der Waals surface area (Å²) in [5, 5.41) is 1.72. The first-order valence-corrected chi connectivity index (χ1v) is 6.48. The molecule has 0 heterocycles. The third-order valence-electron chi connectivity index (χ3n) is 3.30. The van der Waals surface area contributed by atoms with Gasteiger partial charge in [0.15, 0.2) is 0 Å². The maximum Gasteiger partial charge on any atom is 0.405 e. The maximum atomic E-state index is 12.7. The first kappa shape index (κ1) is 14.7. The van der Waals surface area contributed by atoms with Gasteiger partial charge in [-0.25, -0.2) is 0 Å². The molecule has 0 aliphatic heterocycles. The van der Waals surface area contributed by atoms with Gasteiger partial charge in [0.05, 0.1) is 0 Å². The fraction of sp³-hybridized carbons (Fsp3) is 0.333. The summed E-state index contributed by atoms with van der Waals surface area (Å²) in [6.45, 7) is 1.44. The Kier molecular flexibility index (Phi) is 4.18. The van der Waals surface area contributed by atoms with Gasteiger partial charge in [-0.05, 0) is 23.9 Å². The lowest BCUT2D eigenvalue weighted by Gasteiger charge is -2.26. The zero-order valence-corrected chi connectivity index (χ0v) is 11.2. The van der Waals surface area contributed by atoms with Gasteiger partial charge in [0, 0.05) is 24.2 Å². The van der Waals surface area contributed by atoms with Crippen LogP contribution in [0.2, 0.25) is 0 Å². The molecule has 2 aromatic carbocycles. The summed E-state index contributed by atoms with van der Waals surface area (Å²) in [5.41, 5.74) is 7.22. The van der Waals surface area contributed by atoms with E-state index in [0.717, 1.165) is 16.3 Å². The van der Waals surface area contributed by atoms with Gasteiger partial charge in [-0.3, -0.25) is 0 Å². The van der Waals surface area contributed by atoms with E-state index < -0.39 is 12.7 Å². The van der Waals surface area contributed by atoms with Gasteiger partial charge >= 0.3 is 6.18 Å². The second-order valence-electron chi connectivity index (χ2n) is 4.62. The van der Waals surface area contributed by atoms with Crippen molar-refractivity contribution in [3.63, 3.8) is 0 Å². The van der Waals surface area contributed by atoms with Crippen molar-refractivity contribution in [2.45, 2.75) is 19.6 Å². The summed E-state index contributed by atoms with van der Waals surface area (Å²) in [7, 11) is 0. The monoisotopic (exact) mass is 282 g/mol. The number of alkyl halides is 3. The molecule has 0 bridgehead atoms. The highest BCUT2D eigenvalue weighted by molar-refractivity contribution is 5.96. The standard InChI is InChI=1S/C15H17F3N2/c1-2-20(10-15(16,17)18)14-8-7-11(9-19)12-5-3-4-6-13(12)14/h3-8H,2,9-10,19H2,1H3. The SMILES string of the molecule is CCN(CC(F)(F)F)c1ccc(CN)c2ccccc12. The van der Waals surface area contributed by atoms with Crippen molar-refractivity contribution in [3.05, 3.63) is 42.0 Å². The Balaban J connectivity index is 2.53. The van der Waals surface area contributed by atoms with E-state index >= 15 is 0 Å². The van der Waals surface area contributed by atoms with Crippen molar-refractivity contribution in [2.75, 3.05) is 18.0 Å². The quantitative estimate of drug-likeness (QED) is 0.926. The molecule has 0 saturated carbocycles. The molecule has 108 valence electrons. The Morgan fingerprint density at radius 3 is 2.25 bits per heavy atom. The topological polar surface area (TPSA) is 29.3 Å². The summed E-state index contributed by atoms with van der Waals surface area (Å²) in [4.78, 5) is 1.34. The van der Waals surface area contributed by atoms with Crippen LogP contribution in [0.4, 0.5) is 18.9 Å². The zero-order chi connectivity index (χ0) is 14.8. The highest BCUT2D eigenvalue weighted by Gasteiger charge is 2.30. The van der Waals surface area contributed by atoms with E-state index in [9.17, 15) is 13.2 Å². The second kappa shape index (κ2) is 5.71. The van der Waals surface area contributed by atoms with Gasteiger partial charge in [0.25, 0.3) is 0 Å². The van der Waals surface area contributed by atoms with Crippen LogP contribution in [0.5, 0.6) is 0 Å². The fourth-order valence-electron chi connectivity index (χ4n) is 2.38. The lowest BCUT2D eigenvalue weighted by atomic mass is 10.0. The summed E-state index contributed by atoms with van der Waals surface area (Å²) in [6.07, 6.45) is -4.22. The number of halogens is 3. The van der Waals surface area contributed by atoms with Crippen LogP contribution in [0.25, 0.3) is 10.8 Å². The van der Waals surface area contributed by atoms with Gasteiger partial charge in [-0.1, -0.05) is 30.3 Å². The van der Waals surface area contributed by atoms with E-state index in [1.165, 1.54) is 4.90 Å². The molecule has 0 radical (unpaired) electrons. The Morgan fingerprint density at radius 2 is 1.70 bits per heavy atom. The average molecular weight is 282 g/mol. The third-order valence-corrected chi connectivity index (χ3v) is 3.30. The van der Waals surface area contributed by atoms with Crippen LogP contribution in [0.3, 0.4) is 0 Å². The number of hydrogen-bond donors (Lipinski definition) is 1. The van der Waals surface area contributed by atoms with E-state index in [-0.39, 0.29) is 0 Å². The van der Waals surface area contributed by atoms with Crippen LogP contribution >= 0.6 is 0 Å². The van der Waals surface area contributed by atoms with Gasteiger partial charge < -0.3 is 10.6 Å². The summed E-state index contributed by atoms with van der Waals surface area (Å²) in [6, 6.07) is 10.9. The lowest BCUT2D eigenvalue weighted by Crippen LogP contribution is -2.34. The number of benzene rings is 2. The van der Waals surface area contributed by atoms with Crippen LogP contribution in [-0.4, -0.2) is 19.3 Å². The minimum Gasteiger partial charge on any atom is -0.362 e. The summed E-state index contributed by atoms with van der Waals surface area (Å²) < 4.78 is 38.0. The van der Waals surface area contributed by atoms with E-state index in [0.29, 0.717) is 18.8 Å². The summed E-state index contributed by atoms with van der Waals surface area (Å²) >= 11 is 0. The van der Waals surface area contributed by atoms with Gasteiger partial charge in [-0.15, -0.1) is 0 Å². The molecule has 0 aliphatic rings. The second-order valence-corrected chi connectivity index (χ2v) is 4.62. The number of nitrogens with two attached hydrogens (primary N) is 1. The Hall–Kier alpha value is -1.75. The smallest absolute Gasteiger partial charge is 0.362 e. The van der Waals surface area contributed by atoms with Crippen LogP contribution in [-0.2, 0) is 6.54 Å². The molecule has 0 aliphatic carbocycles. The van der Waals surface area contributed by atoms with Crippen molar-refractivity contribution in [2.24, 2.45) is 5.73 Å². The van der Waals surface area contributed by atoms with Crippen LogP contribution in [0, 0.1) is 0 Å². The number of rotatable bonds is 4. The predicted octanol–water partition coefficient (Wildman–Crippen LogP) is 3.69. The predicted molar refractivity (Wildman–Crippen MR) is 75.8 cm³/mol. The molecule has 2 aromatic rings. The minimum absolute atomic E-state index is 0.297. The first-order valence-electron chi connectivity index (χ1n) is 6.48. The number of anilines is 1. The number of fused-ring (bicyclic) bond motifs is 1. The van der Waals surface area contributed by atoms with E-state index in [1.54, 1.807) is 19.1 Å². The molecular weight excluding hydrogens is 265 g/mol. The van der Waals surface area contributed by atoms with Crippen LogP contribution in [0.15, 0.2) is 36.4 Å². The van der Waals surface area contributed by atoms with Gasteiger partial charge in [0.1, 0.15) is 6.54 Å². The molecule has 2 nitrogen and oxygen atoms in total. The van der Waals surface area contributed by atoms with Crippen molar-refractivity contribution in [3.8, 4) is 0 Å². The Labute approximate surface area is 116 Å². The zero-order valence-electron chi connectivity index (χ0n) is 11.2. The summed E-state index contributed by atoms with van der Waals surface area (Å²) in [5.74, 6) is 0. The molecule has 2 N–H and O–H groups in total. The van der Waals surface area contributed by atoms with E-state index in [2.05, 4.69) is 0 Å². The molecule has 0 atom stereocenters. The molecule has 0 saturated heterocycles. The molecule has 0 aromatic heterocycles. The molecule has 2 rings (SSSR count). The average Bonchev–Trinajstić information content (AvgIpc) is 2.42. The lowest BCUT2D eigenvalue weighted by molar-refractivity contribution is -0.119. The van der Waals surface area contributed by atoms with E-state index in [1.807, 2.05) is 24.3 Å². The first-order chi connectivity index (χ1) is 9.46. The molecular formula is C15H17F3N2. The normalized spacial score (nSPS) is 11.8. The molecule has 0 fully saturated rings. The van der Waals surface area contributed by atoms with Crippen LogP contribution in [0.1, 0.15) is 12.5 Å². The number of hydrogen-bond acceptors (Lipinski definition) is 2. The van der Waals surface area contributed by atoms with Crippen molar-refractivity contribution < 1.29 is 13.2 Å².